The summed E-state index contributed by atoms with van der Waals surface area (Å²) in [5.41, 5.74) is 1.26. The van der Waals surface area contributed by atoms with Gasteiger partial charge in [-0.25, -0.2) is 4.79 Å². The van der Waals surface area contributed by atoms with Crippen LogP contribution >= 0.6 is 0 Å². The summed E-state index contributed by atoms with van der Waals surface area (Å²) in [4.78, 5) is 23.4. The first-order valence-electron chi connectivity index (χ1n) is 6.82. The molecular weight excluding hydrogens is 266 g/mol. The van der Waals surface area contributed by atoms with Gasteiger partial charge in [-0.05, 0) is 18.2 Å². The maximum atomic E-state index is 12.1. The highest BCUT2D eigenvalue weighted by atomic mass is 16.5. The molecule has 1 N–H and O–H groups in total. The van der Waals surface area contributed by atoms with E-state index in [-0.39, 0.29) is 5.91 Å². The van der Waals surface area contributed by atoms with Crippen LogP contribution in [0, 0.1) is 0 Å². The summed E-state index contributed by atoms with van der Waals surface area (Å²) in [6, 6.07) is 16.0. The number of benzene rings is 2. The Morgan fingerprint density at radius 1 is 1.00 bits per heavy atom. The van der Waals surface area contributed by atoms with Gasteiger partial charge < -0.3 is 10.1 Å². The highest BCUT2D eigenvalue weighted by molar-refractivity contribution is 5.91. The fraction of sp³-hybridized carbons (Fsp3) is 0.176. The molecule has 1 amide bonds. The second kappa shape index (κ2) is 7.24. The van der Waals surface area contributed by atoms with Gasteiger partial charge in [-0.2, -0.15) is 0 Å². The zero-order chi connectivity index (χ0) is 15.1. The maximum absolute atomic E-state index is 12.1. The van der Waals surface area contributed by atoms with Crippen molar-refractivity contribution in [2.24, 2.45) is 0 Å². The Morgan fingerprint density at radius 3 is 2.38 bits per heavy atom. The van der Waals surface area contributed by atoms with E-state index >= 15 is 0 Å². The average Bonchev–Trinajstić information content (AvgIpc) is 2.54. The fourth-order valence-corrected chi connectivity index (χ4v) is 1.80. The van der Waals surface area contributed by atoms with Gasteiger partial charge in [0, 0.05) is 18.5 Å². The van der Waals surface area contributed by atoms with Crippen molar-refractivity contribution in [2.45, 2.75) is 19.9 Å². The van der Waals surface area contributed by atoms with Gasteiger partial charge in [0.1, 0.15) is 5.75 Å². The number of ether oxygens (including phenoxy) is 1. The molecule has 0 aliphatic heterocycles. The van der Waals surface area contributed by atoms with Gasteiger partial charge >= 0.3 is 5.97 Å². The Balaban J connectivity index is 2.09. The number of para-hydroxylation sites is 1. The van der Waals surface area contributed by atoms with Gasteiger partial charge in [-0.1, -0.05) is 43.3 Å². The Labute approximate surface area is 123 Å². The first-order valence-corrected chi connectivity index (χ1v) is 6.82. The van der Waals surface area contributed by atoms with E-state index in [2.05, 4.69) is 5.32 Å². The molecule has 0 spiro atoms. The van der Waals surface area contributed by atoms with E-state index < -0.39 is 5.97 Å². The number of esters is 1. The summed E-state index contributed by atoms with van der Waals surface area (Å²) < 4.78 is 5.41. The van der Waals surface area contributed by atoms with Crippen LogP contribution in [0.1, 0.15) is 29.3 Å². The Bertz CT molecular complexity index is 623. The maximum Gasteiger partial charge on any atom is 0.343 e. The summed E-state index contributed by atoms with van der Waals surface area (Å²) in [5.74, 6) is 0.00631. The zero-order valence-electron chi connectivity index (χ0n) is 11.8. The molecule has 21 heavy (non-hydrogen) atoms. The van der Waals surface area contributed by atoms with Crippen LogP contribution in [0.4, 0.5) is 0 Å². The minimum atomic E-state index is -0.412. The zero-order valence-corrected chi connectivity index (χ0v) is 11.8. The summed E-state index contributed by atoms with van der Waals surface area (Å²) in [6.07, 6.45) is 0.423. The van der Waals surface area contributed by atoms with Crippen LogP contribution in [0.5, 0.6) is 5.75 Å². The number of nitrogens with one attached hydrogen (secondary N) is 1. The van der Waals surface area contributed by atoms with Gasteiger partial charge in [-0.3, -0.25) is 4.79 Å². The molecule has 2 aromatic carbocycles. The SMILES string of the molecule is CCC(=O)NCc1ccccc1OC(=O)c1ccccc1. The monoisotopic (exact) mass is 283 g/mol. The quantitative estimate of drug-likeness (QED) is 0.678. The number of rotatable bonds is 5. The predicted octanol–water partition coefficient (Wildman–Crippen LogP) is 2.93. The van der Waals surface area contributed by atoms with Crippen LogP contribution < -0.4 is 10.1 Å². The van der Waals surface area contributed by atoms with Crippen molar-refractivity contribution in [2.75, 3.05) is 0 Å². The van der Waals surface area contributed by atoms with Gasteiger partial charge in [0.2, 0.25) is 5.91 Å². The van der Waals surface area contributed by atoms with Crippen LogP contribution in [0.25, 0.3) is 0 Å². The molecule has 0 fully saturated rings. The first kappa shape index (κ1) is 14.8. The molecule has 0 saturated carbocycles. The van der Waals surface area contributed by atoms with E-state index in [0.29, 0.717) is 24.3 Å². The molecule has 0 radical (unpaired) electrons. The van der Waals surface area contributed by atoms with Gasteiger partial charge in [-0.15, -0.1) is 0 Å². The molecule has 0 atom stereocenters. The van der Waals surface area contributed by atoms with E-state index in [1.165, 1.54) is 0 Å². The van der Waals surface area contributed by atoms with E-state index in [1.807, 2.05) is 18.2 Å². The first-order chi connectivity index (χ1) is 10.2. The number of carbonyl (C=O) groups is 2. The summed E-state index contributed by atoms with van der Waals surface area (Å²) in [5, 5.41) is 2.77. The van der Waals surface area contributed by atoms with E-state index in [1.54, 1.807) is 43.3 Å². The third-order valence-electron chi connectivity index (χ3n) is 2.98. The summed E-state index contributed by atoms with van der Waals surface area (Å²) >= 11 is 0. The lowest BCUT2D eigenvalue weighted by atomic mass is 10.2. The Hall–Kier alpha value is -2.62. The molecule has 108 valence electrons. The van der Waals surface area contributed by atoms with Crippen LogP contribution in [0.15, 0.2) is 54.6 Å². The van der Waals surface area contributed by atoms with Crippen molar-refractivity contribution in [1.82, 2.24) is 5.32 Å². The lowest BCUT2D eigenvalue weighted by Gasteiger charge is -2.10. The minimum Gasteiger partial charge on any atom is -0.423 e. The molecule has 0 unspecified atom stereocenters. The van der Waals surface area contributed by atoms with Crippen molar-refractivity contribution in [3.8, 4) is 5.75 Å². The third-order valence-corrected chi connectivity index (χ3v) is 2.98. The number of hydrogen-bond donors (Lipinski definition) is 1. The molecule has 4 heteroatoms. The standard InChI is InChI=1S/C17H17NO3/c1-2-16(19)18-12-14-10-6-7-11-15(14)21-17(20)13-8-4-3-5-9-13/h3-11H,2,12H2,1H3,(H,18,19). The molecule has 0 bridgehead atoms. The van der Waals surface area contributed by atoms with Crippen LogP contribution in [-0.2, 0) is 11.3 Å². The van der Waals surface area contributed by atoms with Crippen molar-refractivity contribution in [3.63, 3.8) is 0 Å². The Morgan fingerprint density at radius 2 is 1.67 bits per heavy atom. The van der Waals surface area contributed by atoms with Crippen molar-refractivity contribution >= 4 is 11.9 Å². The molecule has 0 heterocycles. The molecule has 0 aliphatic carbocycles. The molecule has 0 aliphatic rings. The molecule has 0 aromatic heterocycles. The van der Waals surface area contributed by atoms with Crippen LogP contribution in [0.3, 0.4) is 0 Å². The lowest BCUT2D eigenvalue weighted by molar-refractivity contribution is -0.120. The van der Waals surface area contributed by atoms with Gasteiger partial charge in [0.15, 0.2) is 0 Å². The topological polar surface area (TPSA) is 55.4 Å². The highest BCUT2D eigenvalue weighted by Gasteiger charge is 2.11. The highest BCUT2D eigenvalue weighted by Crippen LogP contribution is 2.19. The lowest BCUT2D eigenvalue weighted by Crippen LogP contribution is -2.22. The second-order valence-corrected chi connectivity index (χ2v) is 4.49. The second-order valence-electron chi connectivity index (χ2n) is 4.49. The number of carbonyl (C=O) groups excluding carboxylic acids is 2. The van der Waals surface area contributed by atoms with Crippen LogP contribution in [0.2, 0.25) is 0 Å². The molecular formula is C17H17NO3. The van der Waals surface area contributed by atoms with E-state index in [9.17, 15) is 9.59 Å². The van der Waals surface area contributed by atoms with Gasteiger partial charge in [0.05, 0.1) is 5.56 Å². The van der Waals surface area contributed by atoms with Crippen molar-refractivity contribution < 1.29 is 14.3 Å². The molecule has 4 nitrogen and oxygen atoms in total. The molecule has 0 saturated heterocycles. The largest absolute Gasteiger partial charge is 0.423 e. The fourth-order valence-electron chi connectivity index (χ4n) is 1.80. The van der Waals surface area contributed by atoms with E-state index in [4.69, 9.17) is 4.74 Å². The normalized spacial score (nSPS) is 9.95. The molecule has 2 rings (SSSR count). The smallest absolute Gasteiger partial charge is 0.343 e. The number of amides is 1. The average molecular weight is 283 g/mol. The van der Waals surface area contributed by atoms with Crippen molar-refractivity contribution in [1.29, 1.82) is 0 Å². The van der Waals surface area contributed by atoms with Gasteiger partial charge in [0.25, 0.3) is 0 Å². The predicted molar refractivity (Wildman–Crippen MR) is 80.0 cm³/mol. The van der Waals surface area contributed by atoms with Crippen molar-refractivity contribution in [3.05, 3.63) is 65.7 Å². The number of hydrogen-bond acceptors (Lipinski definition) is 3. The van der Waals surface area contributed by atoms with E-state index in [0.717, 1.165) is 5.56 Å². The Kier molecular flexibility index (Phi) is 5.10. The summed E-state index contributed by atoms with van der Waals surface area (Å²) in [7, 11) is 0. The molecule has 2 aromatic rings. The minimum absolute atomic E-state index is 0.0424. The third kappa shape index (κ3) is 4.18. The van der Waals surface area contributed by atoms with Crippen LogP contribution in [-0.4, -0.2) is 11.9 Å². The summed E-state index contributed by atoms with van der Waals surface area (Å²) in [6.45, 7) is 2.13.